The fourth-order valence-electron chi connectivity index (χ4n) is 2.22. The van der Waals surface area contributed by atoms with E-state index in [1.807, 2.05) is 32.0 Å². The molecule has 0 saturated carbocycles. The van der Waals surface area contributed by atoms with E-state index in [-0.39, 0.29) is 5.91 Å². The van der Waals surface area contributed by atoms with Gasteiger partial charge in [0.2, 0.25) is 0 Å². The fourth-order valence-corrected chi connectivity index (χ4v) is 2.22. The monoisotopic (exact) mass is 292 g/mol. The van der Waals surface area contributed by atoms with Gasteiger partial charge in [0.05, 0.1) is 11.2 Å². The van der Waals surface area contributed by atoms with E-state index in [1.54, 1.807) is 18.7 Å². The molecule has 0 heterocycles. The summed E-state index contributed by atoms with van der Waals surface area (Å²) in [5.41, 5.74) is 1.76. The summed E-state index contributed by atoms with van der Waals surface area (Å²) < 4.78 is 0. The molecule has 4 heteroatoms. The molecule has 0 aliphatic carbocycles. The van der Waals surface area contributed by atoms with Crippen LogP contribution in [0.15, 0.2) is 18.2 Å². The second-order valence-electron chi connectivity index (χ2n) is 6.11. The number of carbonyl (C=O) groups is 1. The summed E-state index contributed by atoms with van der Waals surface area (Å²) in [7, 11) is 0. The molecule has 1 amide bonds. The minimum atomic E-state index is -0.895. The molecule has 2 N–H and O–H groups in total. The lowest BCUT2D eigenvalue weighted by molar-refractivity contribution is 0.0315. The fraction of sp³-hybridized carbons (Fsp3) is 0.588. The number of likely N-dealkylation sites (N-methyl/N-ethyl adjacent to an activating group) is 1. The standard InChI is InChI=1S/C17H28N2O2/c1-6-10-18-15-11-13(3)8-9-14(15)16(20)19(7-2)12-17(4,5)21/h8-9,11,18,21H,6-7,10,12H2,1-5H3. The van der Waals surface area contributed by atoms with E-state index in [9.17, 15) is 9.90 Å². The summed E-state index contributed by atoms with van der Waals surface area (Å²) in [5, 5.41) is 13.3. The summed E-state index contributed by atoms with van der Waals surface area (Å²) in [6.45, 7) is 11.2. The zero-order valence-electron chi connectivity index (χ0n) is 13.9. The molecule has 0 aliphatic heterocycles. The molecule has 4 nitrogen and oxygen atoms in total. The lowest BCUT2D eigenvalue weighted by Gasteiger charge is -2.29. The molecule has 0 aliphatic rings. The van der Waals surface area contributed by atoms with Crippen LogP contribution in [0, 0.1) is 6.92 Å². The van der Waals surface area contributed by atoms with Crippen LogP contribution < -0.4 is 5.32 Å². The summed E-state index contributed by atoms with van der Waals surface area (Å²) in [4.78, 5) is 14.4. The average molecular weight is 292 g/mol. The lowest BCUT2D eigenvalue weighted by Crippen LogP contribution is -2.42. The molecule has 0 unspecified atom stereocenters. The van der Waals surface area contributed by atoms with Crippen molar-refractivity contribution in [3.63, 3.8) is 0 Å². The Balaban J connectivity index is 3.04. The van der Waals surface area contributed by atoms with E-state index in [1.165, 1.54) is 0 Å². The Bertz CT molecular complexity index is 478. The van der Waals surface area contributed by atoms with Gasteiger partial charge in [-0.25, -0.2) is 0 Å². The van der Waals surface area contributed by atoms with Gasteiger partial charge >= 0.3 is 0 Å². The summed E-state index contributed by atoms with van der Waals surface area (Å²) in [6.07, 6.45) is 1.00. The Kier molecular flexibility index (Phi) is 6.21. The van der Waals surface area contributed by atoms with Gasteiger partial charge < -0.3 is 15.3 Å². The number of benzene rings is 1. The van der Waals surface area contributed by atoms with Crippen molar-refractivity contribution in [2.24, 2.45) is 0 Å². The number of aliphatic hydroxyl groups is 1. The summed E-state index contributed by atoms with van der Waals surface area (Å²) in [5.74, 6) is -0.0433. The lowest BCUT2D eigenvalue weighted by atomic mass is 10.1. The zero-order chi connectivity index (χ0) is 16.0. The van der Waals surface area contributed by atoms with Gasteiger partial charge in [-0.1, -0.05) is 13.0 Å². The first-order valence-electron chi connectivity index (χ1n) is 7.64. The Labute approximate surface area is 128 Å². The van der Waals surface area contributed by atoms with Crippen molar-refractivity contribution >= 4 is 11.6 Å². The van der Waals surface area contributed by atoms with E-state index in [0.717, 1.165) is 24.2 Å². The van der Waals surface area contributed by atoms with Crippen LogP contribution in [0.4, 0.5) is 5.69 Å². The molecule has 0 spiro atoms. The van der Waals surface area contributed by atoms with Crippen LogP contribution in [0.5, 0.6) is 0 Å². The van der Waals surface area contributed by atoms with Crippen molar-refractivity contribution in [2.45, 2.75) is 46.6 Å². The summed E-state index contributed by atoms with van der Waals surface area (Å²) >= 11 is 0. The number of hydrogen-bond acceptors (Lipinski definition) is 3. The maximum atomic E-state index is 12.7. The van der Waals surface area contributed by atoms with E-state index in [4.69, 9.17) is 0 Å². The number of anilines is 1. The molecule has 0 aromatic heterocycles. The molecule has 1 rings (SSSR count). The van der Waals surface area contributed by atoms with Crippen molar-refractivity contribution in [2.75, 3.05) is 25.0 Å². The number of amides is 1. The predicted molar refractivity (Wildman–Crippen MR) is 87.8 cm³/mol. The first-order valence-corrected chi connectivity index (χ1v) is 7.64. The van der Waals surface area contributed by atoms with Crippen molar-refractivity contribution < 1.29 is 9.90 Å². The molecular weight excluding hydrogens is 264 g/mol. The van der Waals surface area contributed by atoms with Crippen LogP contribution in [-0.4, -0.2) is 41.1 Å². The molecule has 21 heavy (non-hydrogen) atoms. The Morgan fingerprint density at radius 1 is 1.33 bits per heavy atom. The normalized spacial score (nSPS) is 11.3. The second kappa shape index (κ2) is 7.46. The van der Waals surface area contributed by atoms with Crippen molar-refractivity contribution in [3.8, 4) is 0 Å². The summed E-state index contributed by atoms with van der Waals surface area (Å²) in [6, 6.07) is 5.81. The van der Waals surface area contributed by atoms with E-state index < -0.39 is 5.60 Å². The van der Waals surface area contributed by atoms with Crippen LogP contribution in [0.2, 0.25) is 0 Å². The van der Waals surface area contributed by atoms with Crippen molar-refractivity contribution in [1.29, 1.82) is 0 Å². The minimum Gasteiger partial charge on any atom is -0.389 e. The average Bonchev–Trinajstić information content (AvgIpc) is 2.41. The quantitative estimate of drug-likeness (QED) is 0.812. The number of carbonyl (C=O) groups excluding carboxylic acids is 1. The topological polar surface area (TPSA) is 52.6 Å². The van der Waals surface area contributed by atoms with Crippen molar-refractivity contribution in [1.82, 2.24) is 4.90 Å². The highest BCUT2D eigenvalue weighted by Gasteiger charge is 2.23. The molecule has 118 valence electrons. The van der Waals surface area contributed by atoms with Gasteiger partial charge in [-0.3, -0.25) is 4.79 Å². The first-order chi connectivity index (χ1) is 9.78. The molecule has 1 aromatic carbocycles. The minimum absolute atomic E-state index is 0.0433. The highest BCUT2D eigenvalue weighted by molar-refractivity contribution is 5.99. The van der Waals surface area contributed by atoms with E-state index in [0.29, 0.717) is 18.7 Å². The molecule has 1 aromatic rings. The highest BCUT2D eigenvalue weighted by Crippen LogP contribution is 2.20. The largest absolute Gasteiger partial charge is 0.389 e. The van der Waals surface area contributed by atoms with Crippen LogP contribution in [0.3, 0.4) is 0 Å². The van der Waals surface area contributed by atoms with Gasteiger partial charge in [0.1, 0.15) is 0 Å². The molecule has 0 saturated heterocycles. The van der Waals surface area contributed by atoms with Gasteiger partial charge in [-0.05, 0) is 51.8 Å². The van der Waals surface area contributed by atoms with Gasteiger partial charge in [-0.15, -0.1) is 0 Å². The third-order valence-electron chi connectivity index (χ3n) is 3.22. The maximum absolute atomic E-state index is 12.7. The maximum Gasteiger partial charge on any atom is 0.256 e. The number of rotatable bonds is 7. The Morgan fingerprint density at radius 3 is 2.52 bits per heavy atom. The van der Waals surface area contributed by atoms with Gasteiger partial charge in [-0.2, -0.15) is 0 Å². The molecule has 0 atom stereocenters. The van der Waals surface area contributed by atoms with Crippen LogP contribution in [0.1, 0.15) is 50.0 Å². The van der Waals surface area contributed by atoms with Crippen molar-refractivity contribution in [3.05, 3.63) is 29.3 Å². The smallest absolute Gasteiger partial charge is 0.256 e. The van der Waals surface area contributed by atoms with E-state index in [2.05, 4.69) is 12.2 Å². The molecule has 0 radical (unpaired) electrons. The SMILES string of the molecule is CCCNc1cc(C)ccc1C(=O)N(CC)CC(C)(C)O. The number of nitrogens with zero attached hydrogens (tertiary/aromatic N) is 1. The number of hydrogen-bond donors (Lipinski definition) is 2. The number of nitrogens with one attached hydrogen (secondary N) is 1. The first kappa shape index (κ1) is 17.5. The Hall–Kier alpha value is -1.55. The van der Waals surface area contributed by atoms with Crippen LogP contribution >= 0.6 is 0 Å². The van der Waals surface area contributed by atoms with Gasteiger partial charge in [0.15, 0.2) is 0 Å². The third-order valence-corrected chi connectivity index (χ3v) is 3.22. The van der Waals surface area contributed by atoms with Gasteiger partial charge in [0.25, 0.3) is 5.91 Å². The van der Waals surface area contributed by atoms with Crippen LogP contribution in [-0.2, 0) is 0 Å². The van der Waals surface area contributed by atoms with Gasteiger partial charge in [0, 0.05) is 25.3 Å². The predicted octanol–water partition coefficient (Wildman–Crippen LogP) is 3.05. The molecular formula is C17H28N2O2. The molecule has 0 bridgehead atoms. The molecule has 0 fully saturated rings. The van der Waals surface area contributed by atoms with Crippen LogP contribution in [0.25, 0.3) is 0 Å². The third kappa shape index (κ3) is 5.38. The van der Waals surface area contributed by atoms with E-state index >= 15 is 0 Å². The highest BCUT2D eigenvalue weighted by atomic mass is 16.3. The second-order valence-corrected chi connectivity index (χ2v) is 6.11. The Morgan fingerprint density at radius 2 is 2.00 bits per heavy atom. The zero-order valence-corrected chi connectivity index (χ0v) is 13.9. The number of aryl methyl sites for hydroxylation is 1.